The van der Waals surface area contributed by atoms with E-state index in [1.807, 2.05) is 0 Å². The minimum Gasteiger partial charge on any atom is -0.487 e. The molecule has 1 aromatic carbocycles. The van der Waals surface area contributed by atoms with Crippen LogP contribution in [0.2, 0.25) is 0 Å². The number of nitrogens with one attached hydrogen (secondary N) is 1. The Kier molecular flexibility index (Phi) is 3.96. The lowest BCUT2D eigenvalue weighted by Gasteiger charge is -2.53. The van der Waals surface area contributed by atoms with Crippen molar-refractivity contribution in [2.45, 2.75) is 58.1 Å². The Morgan fingerprint density at radius 2 is 2.10 bits per heavy atom. The first kappa shape index (κ1) is 14.8. The molecule has 1 unspecified atom stereocenters. The van der Waals surface area contributed by atoms with Crippen molar-refractivity contribution in [3.63, 3.8) is 0 Å². The van der Waals surface area contributed by atoms with Crippen molar-refractivity contribution >= 4 is 0 Å². The van der Waals surface area contributed by atoms with Crippen LogP contribution in [0.25, 0.3) is 0 Å². The van der Waals surface area contributed by atoms with Gasteiger partial charge in [0.1, 0.15) is 17.2 Å². The number of rotatable bonds is 4. The molecule has 1 heterocycles. The third kappa shape index (κ3) is 2.80. The molecule has 1 atom stereocenters. The van der Waals surface area contributed by atoms with Crippen LogP contribution in [0.5, 0.6) is 5.75 Å². The zero-order chi connectivity index (χ0) is 15.0. The molecule has 2 nitrogen and oxygen atoms in total. The van der Waals surface area contributed by atoms with E-state index in [4.69, 9.17) is 4.74 Å². The monoisotopic (exact) mass is 291 g/mol. The van der Waals surface area contributed by atoms with E-state index in [2.05, 4.69) is 26.1 Å². The third-order valence-corrected chi connectivity index (χ3v) is 5.10. The van der Waals surface area contributed by atoms with Crippen molar-refractivity contribution in [3.8, 4) is 5.75 Å². The molecule has 0 saturated heterocycles. The predicted octanol–water partition coefficient (Wildman–Crippen LogP) is 4.45. The van der Waals surface area contributed by atoms with Crippen molar-refractivity contribution in [1.29, 1.82) is 0 Å². The summed E-state index contributed by atoms with van der Waals surface area (Å²) < 4.78 is 19.9. The van der Waals surface area contributed by atoms with Crippen LogP contribution in [0.4, 0.5) is 4.39 Å². The van der Waals surface area contributed by atoms with Gasteiger partial charge >= 0.3 is 0 Å². The smallest absolute Gasteiger partial charge is 0.125 e. The van der Waals surface area contributed by atoms with Crippen LogP contribution in [-0.2, 0) is 0 Å². The highest BCUT2D eigenvalue weighted by atomic mass is 19.1. The highest BCUT2D eigenvalue weighted by Gasteiger charge is 2.51. The standard InChI is InChI=1S/C18H26FNO/c1-4-7-20-16-11-18(9-13(10-18)12(2)3)21-17-6-5-14(19)8-15(16)17/h5-6,8,12-13,16,20H,4,7,9-11H2,1-3H3. The highest BCUT2D eigenvalue weighted by Crippen LogP contribution is 2.53. The normalized spacial score (nSPS) is 30.9. The van der Waals surface area contributed by atoms with Crippen molar-refractivity contribution in [2.24, 2.45) is 11.8 Å². The molecular formula is C18H26FNO. The number of fused-ring (bicyclic) bond motifs is 1. The summed E-state index contributed by atoms with van der Waals surface area (Å²) >= 11 is 0. The maximum absolute atomic E-state index is 13.6. The number of halogens is 1. The van der Waals surface area contributed by atoms with Crippen molar-refractivity contribution in [2.75, 3.05) is 6.54 Å². The Labute approximate surface area is 127 Å². The molecule has 0 amide bonds. The quantitative estimate of drug-likeness (QED) is 0.884. The second kappa shape index (κ2) is 5.60. The van der Waals surface area contributed by atoms with E-state index in [1.165, 1.54) is 6.07 Å². The largest absolute Gasteiger partial charge is 0.487 e. The zero-order valence-electron chi connectivity index (χ0n) is 13.3. The van der Waals surface area contributed by atoms with Crippen LogP contribution in [0.3, 0.4) is 0 Å². The van der Waals surface area contributed by atoms with E-state index in [1.54, 1.807) is 12.1 Å². The molecule has 1 aliphatic carbocycles. The van der Waals surface area contributed by atoms with Gasteiger partial charge in [-0.1, -0.05) is 20.8 Å². The van der Waals surface area contributed by atoms with E-state index in [9.17, 15) is 4.39 Å². The van der Waals surface area contributed by atoms with Crippen LogP contribution >= 0.6 is 0 Å². The molecule has 2 aliphatic rings. The first-order chi connectivity index (χ1) is 10.0. The highest BCUT2D eigenvalue weighted by molar-refractivity contribution is 5.40. The summed E-state index contributed by atoms with van der Waals surface area (Å²) in [6.07, 6.45) is 4.31. The molecule has 1 N–H and O–H groups in total. The van der Waals surface area contributed by atoms with Crippen molar-refractivity contribution in [1.82, 2.24) is 5.32 Å². The molecule has 0 aromatic heterocycles. The minimum absolute atomic E-state index is 0.0226. The van der Waals surface area contributed by atoms with E-state index < -0.39 is 0 Å². The average molecular weight is 291 g/mol. The molecule has 3 rings (SSSR count). The van der Waals surface area contributed by atoms with Crippen LogP contribution in [0, 0.1) is 17.7 Å². The van der Waals surface area contributed by atoms with Gasteiger partial charge in [0.15, 0.2) is 0 Å². The van der Waals surface area contributed by atoms with Gasteiger partial charge in [-0.2, -0.15) is 0 Å². The maximum Gasteiger partial charge on any atom is 0.125 e. The minimum atomic E-state index is -0.176. The summed E-state index contributed by atoms with van der Waals surface area (Å²) in [5, 5.41) is 3.58. The second-order valence-electron chi connectivity index (χ2n) is 7.09. The Morgan fingerprint density at radius 3 is 2.76 bits per heavy atom. The molecule has 1 aromatic rings. The number of ether oxygens (including phenoxy) is 1. The van der Waals surface area contributed by atoms with Gasteiger partial charge in [0, 0.05) is 18.0 Å². The van der Waals surface area contributed by atoms with E-state index in [0.29, 0.717) is 0 Å². The molecule has 1 spiro atoms. The summed E-state index contributed by atoms with van der Waals surface area (Å²) in [4.78, 5) is 0. The maximum atomic E-state index is 13.6. The molecule has 116 valence electrons. The van der Waals surface area contributed by atoms with Crippen molar-refractivity contribution < 1.29 is 9.13 Å². The van der Waals surface area contributed by atoms with Gasteiger partial charge in [-0.05, 0) is 55.8 Å². The predicted molar refractivity (Wildman–Crippen MR) is 83.0 cm³/mol. The fourth-order valence-corrected chi connectivity index (χ4v) is 3.76. The third-order valence-electron chi connectivity index (χ3n) is 5.10. The summed E-state index contributed by atoms with van der Waals surface area (Å²) in [6.45, 7) is 7.70. The summed E-state index contributed by atoms with van der Waals surface area (Å²) in [5.74, 6) is 2.18. The van der Waals surface area contributed by atoms with E-state index >= 15 is 0 Å². The fourth-order valence-electron chi connectivity index (χ4n) is 3.76. The Hall–Kier alpha value is -1.09. The SMILES string of the molecule is CCCNC1CC2(CC(C(C)C)C2)Oc2ccc(F)cc21. The number of hydrogen-bond acceptors (Lipinski definition) is 2. The fraction of sp³-hybridized carbons (Fsp3) is 0.667. The van der Waals surface area contributed by atoms with Gasteiger partial charge in [-0.3, -0.25) is 0 Å². The van der Waals surface area contributed by atoms with Crippen LogP contribution < -0.4 is 10.1 Å². The first-order valence-corrected chi connectivity index (χ1v) is 8.25. The van der Waals surface area contributed by atoms with E-state index in [-0.39, 0.29) is 17.5 Å². The van der Waals surface area contributed by atoms with E-state index in [0.717, 1.165) is 55.4 Å². The molecule has 1 aliphatic heterocycles. The molecule has 1 fully saturated rings. The lowest BCUT2D eigenvalue weighted by molar-refractivity contribution is -0.0873. The van der Waals surface area contributed by atoms with Gasteiger partial charge in [-0.15, -0.1) is 0 Å². The average Bonchev–Trinajstić information content (AvgIpc) is 2.42. The summed E-state index contributed by atoms with van der Waals surface area (Å²) in [5.41, 5.74) is 0.965. The summed E-state index contributed by atoms with van der Waals surface area (Å²) in [6, 6.07) is 5.16. The Morgan fingerprint density at radius 1 is 1.33 bits per heavy atom. The molecule has 1 saturated carbocycles. The molecular weight excluding hydrogens is 265 g/mol. The van der Waals surface area contributed by atoms with Crippen LogP contribution in [0.15, 0.2) is 18.2 Å². The lowest BCUT2D eigenvalue weighted by atomic mass is 9.62. The van der Waals surface area contributed by atoms with Gasteiger partial charge in [-0.25, -0.2) is 4.39 Å². The van der Waals surface area contributed by atoms with Gasteiger partial charge in [0.05, 0.1) is 0 Å². The van der Waals surface area contributed by atoms with Crippen molar-refractivity contribution in [3.05, 3.63) is 29.6 Å². The lowest BCUT2D eigenvalue weighted by Crippen LogP contribution is -2.54. The number of benzene rings is 1. The summed E-state index contributed by atoms with van der Waals surface area (Å²) in [7, 11) is 0. The van der Waals surface area contributed by atoms with Crippen LogP contribution in [-0.4, -0.2) is 12.1 Å². The van der Waals surface area contributed by atoms with Gasteiger partial charge in [0.25, 0.3) is 0 Å². The molecule has 21 heavy (non-hydrogen) atoms. The molecule has 3 heteroatoms. The first-order valence-electron chi connectivity index (χ1n) is 8.25. The van der Waals surface area contributed by atoms with Gasteiger partial charge in [0.2, 0.25) is 0 Å². The Bertz CT molecular complexity index is 508. The molecule has 0 radical (unpaired) electrons. The zero-order valence-corrected chi connectivity index (χ0v) is 13.3. The topological polar surface area (TPSA) is 21.3 Å². The second-order valence-corrected chi connectivity index (χ2v) is 7.09. The van der Waals surface area contributed by atoms with Gasteiger partial charge < -0.3 is 10.1 Å². The molecule has 0 bridgehead atoms. The Balaban J connectivity index is 1.82. The number of hydrogen-bond donors (Lipinski definition) is 1. The van der Waals surface area contributed by atoms with Crippen LogP contribution in [0.1, 0.15) is 58.1 Å².